The molecule has 0 atom stereocenters. The van der Waals surface area contributed by atoms with E-state index in [0.717, 1.165) is 12.2 Å². The second-order valence-electron chi connectivity index (χ2n) is 2.43. The topological polar surface area (TPSA) is 9.23 Å². The monoisotopic (exact) mass is 161 g/mol. The quantitative estimate of drug-likeness (QED) is 0.617. The first-order valence-electron chi connectivity index (χ1n) is 4.17. The number of rotatable bonds is 4. The van der Waals surface area contributed by atoms with Crippen molar-refractivity contribution in [1.29, 1.82) is 0 Å². The first-order valence-corrected chi connectivity index (χ1v) is 4.17. The first-order chi connectivity index (χ1) is 5.93. The zero-order chi connectivity index (χ0) is 8.65. The lowest BCUT2D eigenvalue weighted by Gasteiger charge is -2.00. The molecule has 0 N–H and O–H groups in total. The van der Waals surface area contributed by atoms with Crippen molar-refractivity contribution in [2.75, 3.05) is 6.61 Å². The number of hydrogen-bond acceptors (Lipinski definition) is 1. The van der Waals surface area contributed by atoms with Gasteiger partial charge in [0.15, 0.2) is 0 Å². The fourth-order valence-electron chi connectivity index (χ4n) is 0.847. The highest BCUT2D eigenvalue weighted by atomic mass is 16.5. The summed E-state index contributed by atoms with van der Waals surface area (Å²) in [6, 6.07) is 10.4. The van der Waals surface area contributed by atoms with Gasteiger partial charge in [-0.05, 0) is 24.6 Å². The van der Waals surface area contributed by atoms with Gasteiger partial charge in [-0.1, -0.05) is 31.2 Å². The van der Waals surface area contributed by atoms with Crippen molar-refractivity contribution >= 4 is 0 Å². The van der Waals surface area contributed by atoms with E-state index in [-0.39, 0.29) is 0 Å². The molecule has 0 aliphatic carbocycles. The number of ether oxygens (including phenoxy) is 1. The smallest absolute Gasteiger partial charge is 0.119 e. The predicted molar refractivity (Wildman–Crippen MR) is 50.2 cm³/mol. The highest BCUT2D eigenvalue weighted by Gasteiger charge is 1.86. The van der Waals surface area contributed by atoms with Gasteiger partial charge in [0, 0.05) is 0 Å². The van der Waals surface area contributed by atoms with E-state index >= 15 is 0 Å². The Hall–Kier alpha value is -1.24. The van der Waals surface area contributed by atoms with Crippen LogP contribution in [-0.2, 0) is 0 Å². The van der Waals surface area contributed by atoms with E-state index in [1.54, 1.807) is 0 Å². The minimum Gasteiger partial charge on any atom is -0.490 e. The van der Waals surface area contributed by atoms with Gasteiger partial charge in [0.05, 0.1) is 0 Å². The van der Waals surface area contributed by atoms with E-state index in [2.05, 4.69) is 19.1 Å². The molecule has 0 amide bonds. The number of allylic oxidation sites excluding steroid dienone is 1. The number of benzene rings is 1. The molecule has 0 aliphatic rings. The predicted octanol–water partition coefficient (Wildman–Crippen LogP) is 2.83. The van der Waals surface area contributed by atoms with Crippen molar-refractivity contribution in [1.82, 2.24) is 0 Å². The van der Waals surface area contributed by atoms with E-state index in [0.29, 0.717) is 6.61 Å². The summed E-state index contributed by atoms with van der Waals surface area (Å²) in [5.41, 5.74) is 0. The molecule has 12 heavy (non-hydrogen) atoms. The fourth-order valence-corrected chi connectivity index (χ4v) is 0.847. The highest BCUT2D eigenvalue weighted by molar-refractivity contribution is 5.20. The van der Waals surface area contributed by atoms with Crippen molar-refractivity contribution < 1.29 is 4.74 Å². The van der Waals surface area contributed by atoms with Gasteiger partial charge in [0.2, 0.25) is 0 Å². The average Bonchev–Trinajstić information content (AvgIpc) is 2.14. The molecule has 63 valence electrons. The Labute approximate surface area is 73.7 Å². The van der Waals surface area contributed by atoms with Crippen molar-refractivity contribution in [3.63, 3.8) is 0 Å². The van der Waals surface area contributed by atoms with Crippen molar-refractivity contribution in [3.05, 3.63) is 42.5 Å². The van der Waals surface area contributed by atoms with Gasteiger partial charge in [-0.3, -0.25) is 0 Å². The Morgan fingerprint density at radius 3 is 2.75 bits per heavy atom. The van der Waals surface area contributed by atoms with Gasteiger partial charge in [0.25, 0.3) is 0 Å². The normalized spacial score (nSPS) is 10.4. The molecule has 0 unspecified atom stereocenters. The molecule has 0 aromatic heterocycles. The fraction of sp³-hybridized carbons (Fsp3) is 0.273. The van der Waals surface area contributed by atoms with E-state index < -0.39 is 0 Å². The Balaban J connectivity index is 2.29. The van der Waals surface area contributed by atoms with Crippen LogP contribution in [0.15, 0.2) is 36.4 Å². The van der Waals surface area contributed by atoms with Gasteiger partial charge in [-0.15, -0.1) is 0 Å². The van der Waals surface area contributed by atoms with Gasteiger partial charge in [-0.25, -0.2) is 0 Å². The van der Waals surface area contributed by atoms with Crippen LogP contribution in [0.4, 0.5) is 0 Å². The number of hydrogen-bond donors (Lipinski definition) is 0. The Bertz CT molecular complexity index is 226. The minimum absolute atomic E-state index is 0.651. The van der Waals surface area contributed by atoms with E-state index in [1.165, 1.54) is 0 Å². The molecule has 0 saturated carbocycles. The third-order valence-corrected chi connectivity index (χ3v) is 1.44. The molecular weight excluding hydrogens is 148 g/mol. The lowest BCUT2D eigenvalue weighted by molar-refractivity contribution is 0.362. The van der Waals surface area contributed by atoms with Crippen molar-refractivity contribution in [2.24, 2.45) is 0 Å². The molecule has 0 saturated heterocycles. The third kappa shape index (κ3) is 3.24. The Morgan fingerprint density at radius 1 is 1.33 bits per heavy atom. The zero-order valence-corrected chi connectivity index (χ0v) is 7.29. The molecular formula is C11H13O. The van der Waals surface area contributed by atoms with Crippen LogP contribution in [-0.4, -0.2) is 6.61 Å². The van der Waals surface area contributed by atoms with Crippen LogP contribution in [0.1, 0.15) is 13.3 Å². The summed E-state index contributed by atoms with van der Waals surface area (Å²) >= 11 is 0. The van der Waals surface area contributed by atoms with E-state index in [9.17, 15) is 0 Å². The summed E-state index contributed by atoms with van der Waals surface area (Å²) in [5.74, 6) is 0.898. The van der Waals surface area contributed by atoms with Crippen LogP contribution in [0.5, 0.6) is 5.75 Å². The summed E-state index contributed by atoms with van der Waals surface area (Å²) in [4.78, 5) is 0. The summed E-state index contributed by atoms with van der Waals surface area (Å²) in [5, 5.41) is 0. The maximum absolute atomic E-state index is 5.40. The first kappa shape index (κ1) is 8.85. The summed E-state index contributed by atoms with van der Waals surface area (Å²) in [6.45, 7) is 2.76. The maximum Gasteiger partial charge on any atom is 0.119 e. The summed E-state index contributed by atoms with van der Waals surface area (Å²) in [7, 11) is 0. The second kappa shape index (κ2) is 5.42. The van der Waals surface area contributed by atoms with Gasteiger partial charge < -0.3 is 4.74 Å². The molecule has 0 aliphatic heterocycles. The molecule has 1 aromatic carbocycles. The SMILES string of the molecule is CCC=CCOc1cc[c]cc1. The standard InChI is InChI=1S/C11H13O/c1-2-3-7-10-12-11-8-5-4-6-9-11/h3,5-9H,2,10H2,1H3. The Kier molecular flexibility index (Phi) is 4.00. The lowest BCUT2D eigenvalue weighted by atomic mass is 10.3. The largest absolute Gasteiger partial charge is 0.490 e. The molecule has 1 nitrogen and oxygen atoms in total. The molecule has 0 spiro atoms. The third-order valence-electron chi connectivity index (χ3n) is 1.44. The van der Waals surface area contributed by atoms with Crippen LogP contribution in [0.2, 0.25) is 0 Å². The zero-order valence-electron chi connectivity index (χ0n) is 7.29. The van der Waals surface area contributed by atoms with Crippen LogP contribution < -0.4 is 4.74 Å². The van der Waals surface area contributed by atoms with Gasteiger partial charge >= 0.3 is 0 Å². The van der Waals surface area contributed by atoms with Gasteiger partial charge in [0.1, 0.15) is 12.4 Å². The molecule has 1 heteroatoms. The highest BCUT2D eigenvalue weighted by Crippen LogP contribution is 2.07. The average molecular weight is 161 g/mol. The van der Waals surface area contributed by atoms with Crippen molar-refractivity contribution in [3.8, 4) is 5.75 Å². The van der Waals surface area contributed by atoms with Crippen LogP contribution in [0, 0.1) is 6.07 Å². The summed E-state index contributed by atoms with van der Waals surface area (Å²) < 4.78 is 5.40. The van der Waals surface area contributed by atoms with Crippen molar-refractivity contribution in [2.45, 2.75) is 13.3 Å². The molecule has 1 radical (unpaired) electrons. The molecule has 0 fully saturated rings. The van der Waals surface area contributed by atoms with Gasteiger partial charge in [-0.2, -0.15) is 0 Å². The Morgan fingerprint density at radius 2 is 2.08 bits per heavy atom. The lowest BCUT2D eigenvalue weighted by Crippen LogP contribution is -1.92. The molecule has 0 heterocycles. The minimum atomic E-state index is 0.651. The van der Waals surface area contributed by atoms with E-state index in [1.807, 2.05) is 30.3 Å². The summed E-state index contributed by atoms with van der Waals surface area (Å²) in [6.07, 6.45) is 5.18. The van der Waals surface area contributed by atoms with Crippen LogP contribution >= 0.6 is 0 Å². The van der Waals surface area contributed by atoms with Crippen LogP contribution in [0.25, 0.3) is 0 Å². The molecule has 1 rings (SSSR count). The van der Waals surface area contributed by atoms with Crippen LogP contribution in [0.3, 0.4) is 0 Å². The molecule has 0 bridgehead atoms. The second-order valence-corrected chi connectivity index (χ2v) is 2.43. The van der Waals surface area contributed by atoms with E-state index in [4.69, 9.17) is 4.74 Å². The molecule has 1 aromatic rings. The maximum atomic E-state index is 5.40.